The van der Waals surface area contributed by atoms with Crippen LogP contribution in [0.2, 0.25) is 0 Å². The van der Waals surface area contributed by atoms with Gasteiger partial charge in [0.2, 0.25) is 0 Å². The van der Waals surface area contributed by atoms with E-state index in [-0.39, 0.29) is 10.9 Å². The van der Waals surface area contributed by atoms with Crippen molar-refractivity contribution in [2.24, 2.45) is 0 Å². The molecule has 94 valence electrons. The molecule has 0 aliphatic carbocycles. The number of aliphatic hydroxyl groups excluding tert-OH is 2. The van der Waals surface area contributed by atoms with Gasteiger partial charge in [0, 0.05) is 18.6 Å². The van der Waals surface area contributed by atoms with Crippen LogP contribution in [0.15, 0.2) is 24.3 Å². The SMILES string of the molecule is CC(=O)SCC(O)C(O)c1ccc(CCl)cc1. The first-order chi connectivity index (χ1) is 8.04. The lowest BCUT2D eigenvalue weighted by Crippen LogP contribution is -2.21. The van der Waals surface area contributed by atoms with E-state index in [9.17, 15) is 15.0 Å². The second-order valence-electron chi connectivity index (χ2n) is 3.69. The average molecular weight is 275 g/mol. The van der Waals surface area contributed by atoms with Crippen LogP contribution in [0.3, 0.4) is 0 Å². The maximum absolute atomic E-state index is 10.7. The van der Waals surface area contributed by atoms with Crippen molar-refractivity contribution in [2.75, 3.05) is 5.75 Å². The quantitative estimate of drug-likeness (QED) is 0.808. The summed E-state index contributed by atoms with van der Waals surface area (Å²) in [6.45, 7) is 1.43. The van der Waals surface area contributed by atoms with E-state index in [0.717, 1.165) is 17.3 Å². The molecule has 1 rings (SSSR count). The van der Waals surface area contributed by atoms with Gasteiger partial charge < -0.3 is 10.2 Å². The third-order valence-corrected chi connectivity index (χ3v) is 3.52. The number of carbonyl (C=O) groups excluding carboxylic acids is 1. The molecule has 0 aliphatic heterocycles. The number of carbonyl (C=O) groups is 1. The Morgan fingerprint density at radius 2 is 1.94 bits per heavy atom. The number of halogens is 1. The first kappa shape index (κ1) is 14.5. The van der Waals surface area contributed by atoms with Crippen molar-refractivity contribution in [3.63, 3.8) is 0 Å². The summed E-state index contributed by atoms with van der Waals surface area (Å²) in [6.07, 6.45) is -1.93. The smallest absolute Gasteiger partial charge is 0.185 e. The minimum Gasteiger partial charge on any atom is -0.389 e. The molecule has 0 amide bonds. The van der Waals surface area contributed by atoms with Crippen molar-refractivity contribution in [1.29, 1.82) is 0 Å². The van der Waals surface area contributed by atoms with E-state index in [1.165, 1.54) is 6.92 Å². The van der Waals surface area contributed by atoms with Gasteiger partial charge in [0.15, 0.2) is 5.12 Å². The van der Waals surface area contributed by atoms with E-state index in [1.54, 1.807) is 24.3 Å². The Kier molecular flexibility index (Phi) is 5.98. The first-order valence-corrected chi connectivity index (χ1v) is 6.71. The molecule has 2 atom stereocenters. The van der Waals surface area contributed by atoms with Gasteiger partial charge in [-0.3, -0.25) is 4.79 Å². The van der Waals surface area contributed by atoms with E-state index in [1.807, 2.05) is 0 Å². The summed E-state index contributed by atoms with van der Waals surface area (Å²) in [6, 6.07) is 7.06. The lowest BCUT2D eigenvalue weighted by molar-refractivity contribution is -0.109. The second-order valence-corrected chi connectivity index (χ2v) is 5.15. The predicted octanol–water partition coefficient (Wildman–Crippen LogP) is 2.10. The molecule has 1 aromatic carbocycles. The Balaban J connectivity index is 2.60. The minimum absolute atomic E-state index is 0.0752. The van der Waals surface area contributed by atoms with E-state index in [0.29, 0.717) is 11.4 Å². The number of thioether (sulfide) groups is 1. The molecule has 17 heavy (non-hydrogen) atoms. The molecule has 2 N–H and O–H groups in total. The maximum Gasteiger partial charge on any atom is 0.185 e. The Hall–Kier alpha value is -0.550. The summed E-state index contributed by atoms with van der Waals surface area (Å²) < 4.78 is 0. The highest BCUT2D eigenvalue weighted by Gasteiger charge is 2.18. The number of alkyl halides is 1. The fourth-order valence-electron chi connectivity index (χ4n) is 1.32. The molecule has 0 aromatic heterocycles. The van der Waals surface area contributed by atoms with Gasteiger partial charge in [-0.05, 0) is 11.1 Å². The summed E-state index contributed by atoms with van der Waals surface area (Å²) in [5, 5.41) is 19.5. The van der Waals surface area contributed by atoms with Crippen molar-refractivity contribution in [1.82, 2.24) is 0 Å². The number of aliphatic hydroxyl groups is 2. The van der Waals surface area contributed by atoms with Crippen LogP contribution in [0.4, 0.5) is 0 Å². The fourth-order valence-corrected chi connectivity index (χ4v) is 2.09. The summed E-state index contributed by atoms with van der Waals surface area (Å²) in [5.41, 5.74) is 1.57. The lowest BCUT2D eigenvalue weighted by atomic mass is 10.0. The molecule has 0 fully saturated rings. The van der Waals surface area contributed by atoms with Crippen LogP contribution in [0, 0.1) is 0 Å². The molecule has 0 saturated carbocycles. The topological polar surface area (TPSA) is 57.5 Å². The maximum atomic E-state index is 10.7. The fraction of sp³-hybridized carbons (Fsp3) is 0.417. The van der Waals surface area contributed by atoms with E-state index >= 15 is 0 Å². The normalized spacial score (nSPS) is 14.4. The lowest BCUT2D eigenvalue weighted by Gasteiger charge is -2.17. The molecular weight excluding hydrogens is 260 g/mol. The van der Waals surface area contributed by atoms with Crippen LogP contribution < -0.4 is 0 Å². The van der Waals surface area contributed by atoms with Gasteiger partial charge in [-0.1, -0.05) is 36.0 Å². The zero-order chi connectivity index (χ0) is 12.8. The monoisotopic (exact) mass is 274 g/mol. The number of benzene rings is 1. The standard InChI is InChI=1S/C12H15ClO3S/c1-8(14)17-7-11(15)12(16)10-4-2-9(6-13)3-5-10/h2-5,11-12,15-16H,6-7H2,1H3. The zero-order valence-corrected chi connectivity index (χ0v) is 11.0. The van der Waals surface area contributed by atoms with E-state index in [2.05, 4.69) is 0 Å². The van der Waals surface area contributed by atoms with Gasteiger partial charge in [-0.2, -0.15) is 0 Å². The predicted molar refractivity (Wildman–Crippen MR) is 70.1 cm³/mol. The van der Waals surface area contributed by atoms with Gasteiger partial charge >= 0.3 is 0 Å². The van der Waals surface area contributed by atoms with Crippen molar-refractivity contribution in [3.8, 4) is 0 Å². The van der Waals surface area contributed by atoms with Gasteiger partial charge in [0.1, 0.15) is 6.10 Å². The molecule has 0 radical (unpaired) electrons. The van der Waals surface area contributed by atoms with Gasteiger partial charge in [0.25, 0.3) is 0 Å². The summed E-state index contributed by atoms with van der Waals surface area (Å²) in [4.78, 5) is 10.7. The van der Waals surface area contributed by atoms with Crippen LogP contribution in [0.1, 0.15) is 24.2 Å². The largest absolute Gasteiger partial charge is 0.389 e. The Morgan fingerprint density at radius 1 is 1.35 bits per heavy atom. The first-order valence-electron chi connectivity index (χ1n) is 5.19. The zero-order valence-electron chi connectivity index (χ0n) is 9.47. The third kappa shape index (κ3) is 4.68. The highest BCUT2D eigenvalue weighted by molar-refractivity contribution is 8.13. The van der Waals surface area contributed by atoms with Gasteiger partial charge in [0.05, 0.1) is 6.10 Å². The highest BCUT2D eigenvalue weighted by atomic mass is 35.5. The van der Waals surface area contributed by atoms with Crippen molar-refractivity contribution in [3.05, 3.63) is 35.4 Å². The second kappa shape index (κ2) is 7.01. The van der Waals surface area contributed by atoms with Crippen LogP contribution in [-0.2, 0) is 10.7 Å². The molecule has 3 nitrogen and oxygen atoms in total. The summed E-state index contributed by atoms with van der Waals surface area (Å²) >= 11 is 6.65. The van der Waals surface area contributed by atoms with Gasteiger partial charge in [-0.15, -0.1) is 11.6 Å². The molecule has 2 unspecified atom stereocenters. The van der Waals surface area contributed by atoms with E-state index in [4.69, 9.17) is 11.6 Å². The Morgan fingerprint density at radius 3 is 2.41 bits per heavy atom. The molecule has 0 saturated heterocycles. The molecule has 0 spiro atoms. The molecule has 5 heteroatoms. The van der Waals surface area contributed by atoms with Crippen LogP contribution in [0.25, 0.3) is 0 Å². The molecule has 1 aromatic rings. The van der Waals surface area contributed by atoms with Crippen LogP contribution in [0.5, 0.6) is 0 Å². The van der Waals surface area contributed by atoms with E-state index < -0.39 is 12.2 Å². The molecule has 0 bridgehead atoms. The third-order valence-electron chi connectivity index (χ3n) is 2.30. The Labute approximate surface area is 110 Å². The number of hydrogen-bond acceptors (Lipinski definition) is 4. The summed E-state index contributed by atoms with van der Waals surface area (Å²) in [5.74, 6) is 0.604. The number of hydrogen-bond donors (Lipinski definition) is 2. The summed E-state index contributed by atoms with van der Waals surface area (Å²) in [7, 11) is 0. The Bertz CT molecular complexity index is 367. The van der Waals surface area contributed by atoms with Crippen molar-refractivity contribution >= 4 is 28.5 Å². The van der Waals surface area contributed by atoms with Crippen LogP contribution in [-0.4, -0.2) is 27.2 Å². The molecule has 0 heterocycles. The van der Waals surface area contributed by atoms with Gasteiger partial charge in [-0.25, -0.2) is 0 Å². The van der Waals surface area contributed by atoms with Crippen LogP contribution >= 0.6 is 23.4 Å². The molecular formula is C12H15ClO3S. The minimum atomic E-state index is -0.980. The highest BCUT2D eigenvalue weighted by Crippen LogP contribution is 2.20. The van der Waals surface area contributed by atoms with Crippen molar-refractivity contribution < 1.29 is 15.0 Å². The molecule has 0 aliphatic rings. The number of rotatable bonds is 5. The average Bonchev–Trinajstić information content (AvgIpc) is 2.35. The van der Waals surface area contributed by atoms with Crippen molar-refractivity contribution in [2.45, 2.75) is 25.0 Å².